The number of hydrogen-bond acceptors (Lipinski definition) is 4. The first-order chi connectivity index (χ1) is 7.27. The average Bonchev–Trinajstić information content (AvgIpc) is 2.69. The molecule has 1 fully saturated rings. The molecule has 0 unspecified atom stereocenters. The van der Waals surface area contributed by atoms with E-state index in [4.69, 9.17) is 10.5 Å². The maximum absolute atomic E-state index is 5.85. The Labute approximate surface area is 89.9 Å². The van der Waals surface area contributed by atoms with E-state index in [1.165, 1.54) is 12.8 Å². The maximum Gasteiger partial charge on any atom is 0.160 e. The Hall–Kier alpha value is -1.16. The third-order valence-corrected chi connectivity index (χ3v) is 2.91. The number of rotatable bonds is 3. The van der Waals surface area contributed by atoms with Crippen LogP contribution in [0.2, 0.25) is 0 Å². The number of nitrogens with zero attached hydrogens (tertiary/aromatic N) is 2. The molecule has 2 rings (SSSR count). The summed E-state index contributed by atoms with van der Waals surface area (Å²) >= 11 is 0. The summed E-state index contributed by atoms with van der Waals surface area (Å²) in [6, 6.07) is 0. The van der Waals surface area contributed by atoms with E-state index in [-0.39, 0.29) is 5.60 Å². The van der Waals surface area contributed by atoms with E-state index in [0.717, 1.165) is 18.7 Å². The normalized spacial score (nSPS) is 19.3. The zero-order valence-corrected chi connectivity index (χ0v) is 9.07. The zero-order chi connectivity index (χ0) is 10.7. The van der Waals surface area contributed by atoms with Crippen LogP contribution in [0, 0.1) is 0 Å². The second-order valence-corrected chi connectivity index (χ2v) is 3.97. The average molecular weight is 207 g/mol. The van der Waals surface area contributed by atoms with Crippen LogP contribution in [0.1, 0.15) is 38.4 Å². The Balaban J connectivity index is 2.28. The molecule has 1 aliphatic carbocycles. The fraction of sp³-hybridized carbons (Fsp3) is 0.636. The molecule has 4 nitrogen and oxygen atoms in total. The highest BCUT2D eigenvalue weighted by Gasteiger charge is 2.38. The van der Waals surface area contributed by atoms with Gasteiger partial charge in [0.15, 0.2) is 5.82 Å². The van der Waals surface area contributed by atoms with Gasteiger partial charge in [0.25, 0.3) is 0 Å². The molecular formula is C11H17N3O. The van der Waals surface area contributed by atoms with Gasteiger partial charge in [0.1, 0.15) is 5.60 Å². The summed E-state index contributed by atoms with van der Waals surface area (Å²) in [5, 5.41) is 0. The second-order valence-electron chi connectivity index (χ2n) is 3.97. The molecule has 1 aliphatic rings. The van der Waals surface area contributed by atoms with Crippen molar-refractivity contribution in [2.75, 3.05) is 12.3 Å². The number of nitrogen functional groups attached to an aromatic ring is 1. The van der Waals surface area contributed by atoms with Crippen molar-refractivity contribution < 1.29 is 4.74 Å². The molecular weight excluding hydrogens is 190 g/mol. The van der Waals surface area contributed by atoms with Crippen molar-refractivity contribution in [1.29, 1.82) is 0 Å². The highest BCUT2D eigenvalue weighted by atomic mass is 16.5. The lowest BCUT2D eigenvalue weighted by molar-refractivity contribution is -0.0456. The fourth-order valence-corrected chi connectivity index (χ4v) is 2.23. The summed E-state index contributed by atoms with van der Waals surface area (Å²) in [5.74, 6) is 0.788. The highest BCUT2D eigenvalue weighted by Crippen LogP contribution is 2.40. The highest BCUT2D eigenvalue weighted by molar-refractivity contribution is 5.30. The quantitative estimate of drug-likeness (QED) is 0.821. The topological polar surface area (TPSA) is 61.0 Å². The molecule has 0 amide bonds. The summed E-state index contributed by atoms with van der Waals surface area (Å²) in [7, 11) is 0. The van der Waals surface area contributed by atoms with Gasteiger partial charge in [-0.3, -0.25) is 0 Å². The van der Waals surface area contributed by atoms with E-state index in [9.17, 15) is 0 Å². The molecule has 0 aromatic carbocycles. The van der Waals surface area contributed by atoms with Crippen molar-refractivity contribution in [3.05, 3.63) is 18.2 Å². The van der Waals surface area contributed by atoms with Gasteiger partial charge in [-0.2, -0.15) is 0 Å². The van der Waals surface area contributed by atoms with E-state index in [1.807, 2.05) is 6.92 Å². The number of nitrogens with two attached hydrogens (primary N) is 1. The first-order valence-corrected chi connectivity index (χ1v) is 5.49. The van der Waals surface area contributed by atoms with E-state index < -0.39 is 0 Å². The molecule has 1 saturated carbocycles. The standard InChI is InChI=1S/C11H17N3O/c1-2-15-11(5-3-4-6-11)10-13-7-9(12)8-14-10/h7-8H,2-6,12H2,1H3. The smallest absolute Gasteiger partial charge is 0.160 e. The molecule has 1 aromatic rings. The lowest BCUT2D eigenvalue weighted by Crippen LogP contribution is -2.28. The number of anilines is 1. The SMILES string of the molecule is CCOC1(c2ncc(N)cn2)CCCC1. The van der Waals surface area contributed by atoms with E-state index in [0.29, 0.717) is 12.3 Å². The van der Waals surface area contributed by atoms with Crippen molar-refractivity contribution in [2.24, 2.45) is 0 Å². The van der Waals surface area contributed by atoms with E-state index in [2.05, 4.69) is 9.97 Å². The predicted octanol–water partition coefficient (Wildman–Crippen LogP) is 1.86. The second kappa shape index (κ2) is 4.14. The first-order valence-electron chi connectivity index (χ1n) is 5.49. The summed E-state index contributed by atoms with van der Waals surface area (Å²) in [4.78, 5) is 8.58. The molecule has 4 heteroatoms. The third-order valence-electron chi connectivity index (χ3n) is 2.91. The summed E-state index contributed by atoms with van der Waals surface area (Å²) in [6.45, 7) is 2.71. The van der Waals surface area contributed by atoms with Crippen LogP contribution in [0.15, 0.2) is 12.4 Å². The minimum Gasteiger partial charge on any atom is -0.396 e. The monoisotopic (exact) mass is 207 g/mol. The molecule has 1 heterocycles. The van der Waals surface area contributed by atoms with Crippen LogP contribution in [-0.2, 0) is 10.3 Å². The predicted molar refractivity (Wildman–Crippen MR) is 58.2 cm³/mol. The van der Waals surface area contributed by atoms with Crippen LogP contribution >= 0.6 is 0 Å². The van der Waals surface area contributed by atoms with Gasteiger partial charge >= 0.3 is 0 Å². The molecule has 0 saturated heterocycles. The Morgan fingerprint density at radius 1 is 1.33 bits per heavy atom. The fourth-order valence-electron chi connectivity index (χ4n) is 2.23. The van der Waals surface area contributed by atoms with E-state index in [1.54, 1.807) is 12.4 Å². The van der Waals surface area contributed by atoms with Gasteiger partial charge in [0.2, 0.25) is 0 Å². The summed E-state index contributed by atoms with van der Waals surface area (Å²) in [6.07, 6.45) is 7.72. The Morgan fingerprint density at radius 2 is 1.93 bits per heavy atom. The molecule has 0 atom stereocenters. The van der Waals surface area contributed by atoms with Crippen molar-refractivity contribution in [1.82, 2.24) is 9.97 Å². The number of aromatic nitrogens is 2. The van der Waals surface area contributed by atoms with Crippen LogP contribution in [0.3, 0.4) is 0 Å². The van der Waals surface area contributed by atoms with Gasteiger partial charge < -0.3 is 10.5 Å². The Bertz CT molecular complexity index is 317. The molecule has 0 radical (unpaired) electrons. The van der Waals surface area contributed by atoms with Crippen LogP contribution in [0.25, 0.3) is 0 Å². The zero-order valence-electron chi connectivity index (χ0n) is 9.07. The Morgan fingerprint density at radius 3 is 2.47 bits per heavy atom. The van der Waals surface area contributed by atoms with Crippen molar-refractivity contribution >= 4 is 5.69 Å². The first kappa shape index (κ1) is 10.4. The van der Waals surface area contributed by atoms with Gasteiger partial charge in [-0.25, -0.2) is 9.97 Å². The van der Waals surface area contributed by atoms with Gasteiger partial charge in [-0.15, -0.1) is 0 Å². The largest absolute Gasteiger partial charge is 0.396 e. The molecule has 0 spiro atoms. The summed E-state index contributed by atoms with van der Waals surface area (Å²) in [5.41, 5.74) is 5.93. The van der Waals surface area contributed by atoms with E-state index >= 15 is 0 Å². The molecule has 82 valence electrons. The lowest BCUT2D eigenvalue weighted by atomic mass is 10.0. The van der Waals surface area contributed by atoms with Gasteiger partial charge in [-0.1, -0.05) is 0 Å². The third kappa shape index (κ3) is 1.95. The summed E-state index contributed by atoms with van der Waals surface area (Å²) < 4.78 is 5.85. The van der Waals surface area contributed by atoms with Crippen LogP contribution < -0.4 is 5.73 Å². The molecule has 1 aromatic heterocycles. The number of ether oxygens (including phenoxy) is 1. The minimum atomic E-state index is -0.248. The van der Waals surface area contributed by atoms with Crippen LogP contribution in [0.5, 0.6) is 0 Å². The maximum atomic E-state index is 5.85. The van der Waals surface area contributed by atoms with Crippen molar-refractivity contribution in [3.8, 4) is 0 Å². The Kier molecular flexibility index (Phi) is 2.86. The van der Waals surface area contributed by atoms with Gasteiger partial charge in [-0.05, 0) is 32.6 Å². The lowest BCUT2D eigenvalue weighted by Gasteiger charge is -2.26. The molecule has 0 bridgehead atoms. The minimum absolute atomic E-state index is 0.248. The van der Waals surface area contributed by atoms with Crippen molar-refractivity contribution in [2.45, 2.75) is 38.2 Å². The molecule has 2 N–H and O–H groups in total. The van der Waals surface area contributed by atoms with Crippen LogP contribution in [0.4, 0.5) is 5.69 Å². The van der Waals surface area contributed by atoms with Crippen molar-refractivity contribution in [3.63, 3.8) is 0 Å². The molecule has 15 heavy (non-hydrogen) atoms. The molecule has 0 aliphatic heterocycles. The van der Waals surface area contributed by atoms with Crippen LogP contribution in [-0.4, -0.2) is 16.6 Å². The van der Waals surface area contributed by atoms with Gasteiger partial charge in [0, 0.05) is 6.61 Å². The number of hydrogen-bond donors (Lipinski definition) is 1. The van der Waals surface area contributed by atoms with Gasteiger partial charge in [0.05, 0.1) is 18.1 Å².